The lowest BCUT2D eigenvalue weighted by Gasteiger charge is -2.32. The number of carbonyl (C=O) groups excluding carboxylic acids is 2. The van der Waals surface area contributed by atoms with E-state index in [0.717, 1.165) is 0 Å². The quantitative estimate of drug-likeness (QED) is 0.405. The fraction of sp³-hybridized carbons (Fsp3) is 0.600. The number of nitrogens with two attached hydrogens (primary N) is 2. The Hall–Kier alpha value is -1.10. The lowest BCUT2D eigenvalue weighted by Crippen LogP contribution is -2.63. The minimum atomic E-state index is -0.433. The summed E-state index contributed by atoms with van der Waals surface area (Å²) in [6, 6.07) is -0.727. The van der Waals surface area contributed by atoms with Gasteiger partial charge in [-0.15, -0.1) is 0 Å². The van der Waals surface area contributed by atoms with Crippen molar-refractivity contribution in [3.05, 3.63) is 0 Å². The Morgan fingerprint density at radius 2 is 1.50 bits per heavy atom. The summed E-state index contributed by atoms with van der Waals surface area (Å²) in [5.41, 5.74) is 9.81. The largest absolute Gasteiger partial charge is 0.368 e. The molecule has 5 N–H and O–H groups in total. The molecule has 1 aliphatic rings. The van der Waals surface area contributed by atoms with Crippen molar-refractivity contribution in [1.82, 2.24) is 5.32 Å². The molecule has 0 aromatic carbocycles. The molecule has 0 aromatic heterocycles. The Morgan fingerprint density at radius 1 is 1.20 bits per heavy atom. The van der Waals surface area contributed by atoms with E-state index in [1.807, 2.05) is 0 Å². The third-order valence-corrected chi connectivity index (χ3v) is 1.56. The van der Waals surface area contributed by atoms with Crippen molar-refractivity contribution in [1.29, 1.82) is 0 Å². The number of hydrogen-bond donors (Lipinski definition) is 3. The van der Waals surface area contributed by atoms with Crippen LogP contribution in [-0.4, -0.2) is 23.9 Å². The Balaban J connectivity index is 2.31. The lowest BCUT2D eigenvalue weighted by molar-refractivity contribution is -0.127. The van der Waals surface area contributed by atoms with Gasteiger partial charge in [0.05, 0.1) is 12.1 Å². The predicted octanol–water partition coefficient (Wildman–Crippen LogP) is -2.31. The van der Waals surface area contributed by atoms with Crippen LogP contribution in [0.4, 0.5) is 0 Å². The van der Waals surface area contributed by atoms with Gasteiger partial charge in [0.25, 0.3) is 0 Å². The molecule has 2 amide bonds. The van der Waals surface area contributed by atoms with Gasteiger partial charge in [-0.05, 0) is 6.42 Å². The number of primary amides is 2. The van der Waals surface area contributed by atoms with Crippen molar-refractivity contribution >= 4 is 11.8 Å². The third kappa shape index (κ3) is 1.08. The highest BCUT2D eigenvalue weighted by Crippen LogP contribution is 2.09. The van der Waals surface area contributed by atoms with E-state index >= 15 is 0 Å². The molecule has 1 heterocycles. The summed E-state index contributed by atoms with van der Waals surface area (Å²) in [5, 5.41) is 2.63. The monoisotopic (exact) mass is 143 g/mol. The molecule has 0 aliphatic carbocycles. The fourth-order valence-corrected chi connectivity index (χ4v) is 0.851. The van der Waals surface area contributed by atoms with Crippen LogP contribution in [-0.2, 0) is 9.59 Å². The molecule has 2 atom stereocenters. The molecule has 1 fully saturated rings. The second-order valence-corrected chi connectivity index (χ2v) is 2.31. The van der Waals surface area contributed by atoms with Gasteiger partial charge in [0, 0.05) is 0 Å². The van der Waals surface area contributed by atoms with Gasteiger partial charge in [0.1, 0.15) is 0 Å². The zero-order valence-corrected chi connectivity index (χ0v) is 5.33. The molecule has 10 heavy (non-hydrogen) atoms. The summed E-state index contributed by atoms with van der Waals surface area (Å²) in [4.78, 5) is 20.7. The highest BCUT2D eigenvalue weighted by atomic mass is 16.2. The third-order valence-electron chi connectivity index (χ3n) is 1.56. The highest BCUT2D eigenvalue weighted by molar-refractivity contribution is 5.87. The van der Waals surface area contributed by atoms with Crippen LogP contribution in [0.25, 0.3) is 0 Å². The molecule has 56 valence electrons. The summed E-state index contributed by atoms with van der Waals surface area (Å²) >= 11 is 0. The Bertz CT molecular complexity index is 156. The maximum absolute atomic E-state index is 10.4. The van der Waals surface area contributed by atoms with Crippen molar-refractivity contribution in [3.8, 4) is 0 Å². The van der Waals surface area contributed by atoms with Crippen LogP contribution in [0.15, 0.2) is 0 Å². The van der Waals surface area contributed by atoms with E-state index in [0.29, 0.717) is 6.42 Å². The van der Waals surface area contributed by atoms with Crippen LogP contribution in [0, 0.1) is 0 Å². The number of amides is 2. The van der Waals surface area contributed by atoms with Gasteiger partial charge in [0.15, 0.2) is 0 Å². The molecule has 0 saturated carbocycles. The van der Waals surface area contributed by atoms with Crippen molar-refractivity contribution in [2.24, 2.45) is 11.5 Å². The van der Waals surface area contributed by atoms with Crippen molar-refractivity contribution in [2.75, 3.05) is 0 Å². The van der Waals surface area contributed by atoms with Gasteiger partial charge in [-0.3, -0.25) is 14.9 Å². The van der Waals surface area contributed by atoms with Crippen LogP contribution < -0.4 is 16.8 Å². The Kier molecular flexibility index (Phi) is 1.58. The molecule has 0 aromatic rings. The number of carbonyl (C=O) groups is 2. The van der Waals surface area contributed by atoms with Crippen LogP contribution in [0.3, 0.4) is 0 Å². The lowest BCUT2D eigenvalue weighted by atomic mass is 9.96. The molecular formula is C5H9N3O2. The summed E-state index contributed by atoms with van der Waals surface area (Å²) in [6.45, 7) is 0. The molecule has 1 saturated heterocycles. The molecule has 0 radical (unpaired) electrons. The minimum absolute atomic E-state index is 0.363. The molecule has 0 bridgehead atoms. The van der Waals surface area contributed by atoms with Crippen molar-refractivity contribution in [2.45, 2.75) is 18.5 Å². The first-order valence-corrected chi connectivity index (χ1v) is 2.96. The number of hydrogen-bond acceptors (Lipinski definition) is 3. The normalized spacial score (nSPS) is 30.8. The molecule has 0 spiro atoms. The van der Waals surface area contributed by atoms with Crippen LogP contribution in [0.1, 0.15) is 6.42 Å². The first-order chi connectivity index (χ1) is 4.61. The summed E-state index contributed by atoms with van der Waals surface area (Å²) in [6.07, 6.45) is 0.435. The van der Waals surface area contributed by atoms with E-state index in [1.165, 1.54) is 0 Å². The van der Waals surface area contributed by atoms with Gasteiger partial charge in [-0.25, -0.2) is 0 Å². The van der Waals surface area contributed by atoms with E-state index in [2.05, 4.69) is 5.32 Å². The molecule has 5 nitrogen and oxygen atoms in total. The maximum atomic E-state index is 10.4. The Labute approximate surface area is 57.7 Å². The molecular weight excluding hydrogens is 134 g/mol. The Morgan fingerprint density at radius 3 is 1.70 bits per heavy atom. The van der Waals surface area contributed by atoms with Crippen LogP contribution in [0.2, 0.25) is 0 Å². The SMILES string of the molecule is NC(=O)[C@@H]1C[C@H](C(N)=O)N1. The highest BCUT2D eigenvalue weighted by Gasteiger charge is 2.35. The smallest absolute Gasteiger partial charge is 0.234 e. The van der Waals surface area contributed by atoms with Gasteiger partial charge in [-0.2, -0.15) is 0 Å². The van der Waals surface area contributed by atoms with Crippen molar-refractivity contribution in [3.63, 3.8) is 0 Å². The van der Waals surface area contributed by atoms with Gasteiger partial charge >= 0.3 is 0 Å². The van der Waals surface area contributed by atoms with Crippen LogP contribution >= 0.6 is 0 Å². The number of rotatable bonds is 2. The maximum Gasteiger partial charge on any atom is 0.234 e. The second-order valence-electron chi connectivity index (χ2n) is 2.31. The molecule has 5 heteroatoms. The van der Waals surface area contributed by atoms with E-state index in [1.54, 1.807) is 0 Å². The molecule has 1 rings (SSSR count). The van der Waals surface area contributed by atoms with E-state index in [4.69, 9.17) is 11.5 Å². The zero-order chi connectivity index (χ0) is 7.72. The summed E-state index contributed by atoms with van der Waals surface area (Å²) < 4.78 is 0. The summed E-state index contributed by atoms with van der Waals surface area (Å²) in [7, 11) is 0. The molecule has 0 unspecified atom stereocenters. The van der Waals surface area contributed by atoms with Crippen LogP contribution in [0.5, 0.6) is 0 Å². The van der Waals surface area contributed by atoms with E-state index < -0.39 is 11.8 Å². The van der Waals surface area contributed by atoms with Gasteiger partial charge in [0.2, 0.25) is 11.8 Å². The summed E-state index contributed by atoms with van der Waals surface area (Å²) in [5.74, 6) is -0.866. The first-order valence-electron chi connectivity index (χ1n) is 2.96. The van der Waals surface area contributed by atoms with Gasteiger partial charge in [-0.1, -0.05) is 0 Å². The predicted molar refractivity (Wildman–Crippen MR) is 33.7 cm³/mol. The van der Waals surface area contributed by atoms with E-state index in [-0.39, 0.29) is 12.1 Å². The first kappa shape index (κ1) is 7.01. The minimum Gasteiger partial charge on any atom is -0.368 e. The molecule has 1 aliphatic heterocycles. The topological polar surface area (TPSA) is 98.2 Å². The zero-order valence-electron chi connectivity index (χ0n) is 5.33. The average molecular weight is 143 g/mol. The standard InChI is InChI=1S/C5H9N3O2/c6-4(9)2-1-3(8-2)5(7)10/h2-3,8H,1H2,(H2,6,9)(H2,7,10)/t2-,3+. The average Bonchev–Trinajstić information content (AvgIpc) is 1.56. The second kappa shape index (κ2) is 2.26. The number of nitrogens with one attached hydrogen (secondary N) is 1. The fourth-order valence-electron chi connectivity index (χ4n) is 0.851. The van der Waals surface area contributed by atoms with E-state index in [9.17, 15) is 9.59 Å². The van der Waals surface area contributed by atoms with Gasteiger partial charge < -0.3 is 11.5 Å². The van der Waals surface area contributed by atoms with Crippen molar-refractivity contribution < 1.29 is 9.59 Å².